The smallest absolute Gasteiger partial charge is 0.455 e. The third-order valence-corrected chi connectivity index (χ3v) is 9.24. The van der Waals surface area contributed by atoms with Crippen LogP contribution in [-0.4, -0.2) is 70.5 Å². The minimum absolute atomic E-state index is 0.0606. The number of phosphoric acid groups is 1. The van der Waals surface area contributed by atoms with Gasteiger partial charge in [-0.2, -0.15) is 10.4 Å². The lowest BCUT2D eigenvalue weighted by molar-refractivity contribution is -0.173. The van der Waals surface area contributed by atoms with Crippen molar-refractivity contribution in [3.63, 3.8) is 0 Å². The van der Waals surface area contributed by atoms with E-state index in [0.29, 0.717) is 5.52 Å². The number of aromatic nitrogens is 3. The number of nitrogens with zero attached hydrogens (tertiary/aromatic N) is 4. The number of phosphoric ester groups is 1. The van der Waals surface area contributed by atoms with Gasteiger partial charge in [-0.05, 0) is 49.1 Å². The number of esters is 2. The molecule has 0 amide bonds. The van der Waals surface area contributed by atoms with Crippen LogP contribution in [0.25, 0.3) is 5.52 Å². The van der Waals surface area contributed by atoms with Gasteiger partial charge in [0.15, 0.2) is 18.0 Å². The Hall–Kier alpha value is -4.75. The molecule has 0 bridgehead atoms. The SMILES string of the molecule is CC(C)OC(=O)OCO[P@](=O)(OC[C@H]1O[C@@](C#N)(c2ccc3c(N)ncnn23)[C@H](OC(=O)C(C)C)[C@@H]1OC(=O)C(C)C)Oc1ccc(C(C)(C)C)cc1. The normalized spacial score (nSPS) is 21.3. The second-order valence-electron chi connectivity index (χ2n) is 14.1. The molecule has 3 heterocycles. The summed E-state index contributed by atoms with van der Waals surface area (Å²) in [5, 5.41) is 15.1. The third-order valence-electron chi connectivity index (χ3n) is 7.92. The van der Waals surface area contributed by atoms with Gasteiger partial charge in [0.2, 0.25) is 12.4 Å². The first-order valence-electron chi connectivity index (χ1n) is 16.9. The lowest BCUT2D eigenvalue weighted by Gasteiger charge is -2.29. The van der Waals surface area contributed by atoms with Gasteiger partial charge in [-0.1, -0.05) is 60.6 Å². The molecule has 288 valence electrons. The lowest BCUT2D eigenvalue weighted by atomic mass is 9.87. The Morgan fingerprint density at radius 1 is 1.00 bits per heavy atom. The first-order chi connectivity index (χ1) is 24.8. The average molecular weight is 760 g/mol. The van der Waals surface area contributed by atoms with E-state index in [1.54, 1.807) is 71.9 Å². The van der Waals surface area contributed by atoms with Crippen molar-refractivity contribution in [1.29, 1.82) is 5.26 Å². The van der Waals surface area contributed by atoms with Crippen LogP contribution >= 0.6 is 7.82 Å². The van der Waals surface area contributed by atoms with E-state index in [9.17, 15) is 24.2 Å². The molecule has 0 spiro atoms. The highest BCUT2D eigenvalue weighted by molar-refractivity contribution is 7.48. The van der Waals surface area contributed by atoms with Crippen LogP contribution in [0.5, 0.6) is 5.75 Å². The highest BCUT2D eigenvalue weighted by atomic mass is 31.2. The highest BCUT2D eigenvalue weighted by Crippen LogP contribution is 2.52. The van der Waals surface area contributed by atoms with Crippen molar-refractivity contribution in [3.8, 4) is 11.8 Å². The van der Waals surface area contributed by atoms with Gasteiger partial charge in [-0.15, -0.1) is 0 Å². The van der Waals surface area contributed by atoms with E-state index in [1.807, 2.05) is 20.8 Å². The van der Waals surface area contributed by atoms with Gasteiger partial charge in [0.1, 0.15) is 29.8 Å². The largest absolute Gasteiger partial charge is 0.533 e. The first-order valence-corrected chi connectivity index (χ1v) is 18.4. The molecular formula is C35H46N5O12P. The van der Waals surface area contributed by atoms with Crippen LogP contribution in [0.3, 0.4) is 0 Å². The topological polar surface area (TPSA) is 222 Å². The maximum absolute atomic E-state index is 14.2. The summed E-state index contributed by atoms with van der Waals surface area (Å²) in [6, 6.07) is 11.8. The fraction of sp³-hybridized carbons (Fsp3) is 0.543. The van der Waals surface area contributed by atoms with Gasteiger partial charge >= 0.3 is 25.9 Å². The molecule has 1 aliphatic rings. The molecule has 0 unspecified atom stereocenters. The fourth-order valence-electron chi connectivity index (χ4n) is 5.10. The number of fused-ring (bicyclic) bond motifs is 1. The zero-order chi connectivity index (χ0) is 39.3. The van der Waals surface area contributed by atoms with Crippen molar-refractivity contribution in [2.45, 2.75) is 97.7 Å². The van der Waals surface area contributed by atoms with Gasteiger partial charge in [0.05, 0.1) is 30.2 Å². The Kier molecular flexibility index (Phi) is 12.8. The Morgan fingerprint density at radius 2 is 1.64 bits per heavy atom. The van der Waals surface area contributed by atoms with Crippen molar-refractivity contribution in [1.82, 2.24) is 14.6 Å². The van der Waals surface area contributed by atoms with Crippen molar-refractivity contribution < 1.29 is 56.2 Å². The summed E-state index contributed by atoms with van der Waals surface area (Å²) in [7, 11) is -4.72. The molecule has 1 fully saturated rings. The molecule has 0 aliphatic carbocycles. The number of nitrogens with two attached hydrogens (primary N) is 1. The molecule has 3 aromatic rings. The summed E-state index contributed by atoms with van der Waals surface area (Å²) >= 11 is 0. The maximum Gasteiger partial charge on any atom is 0.533 e. The Bertz CT molecular complexity index is 1870. The monoisotopic (exact) mass is 759 g/mol. The van der Waals surface area contributed by atoms with E-state index in [0.717, 1.165) is 11.9 Å². The van der Waals surface area contributed by atoms with Crippen LogP contribution in [0.15, 0.2) is 42.7 Å². The predicted molar refractivity (Wildman–Crippen MR) is 187 cm³/mol. The van der Waals surface area contributed by atoms with Crippen LogP contribution < -0.4 is 10.3 Å². The molecule has 5 atom stereocenters. The number of ether oxygens (including phenoxy) is 5. The van der Waals surface area contributed by atoms with Gasteiger partial charge < -0.3 is 33.9 Å². The summed E-state index contributed by atoms with van der Waals surface area (Å²) in [6.45, 7) is 14.0. The summed E-state index contributed by atoms with van der Waals surface area (Å²) in [5.74, 6) is -2.62. The number of carbonyl (C=O) groups is 3. The molecule has 17 nitrogen and oxygen atoms in total. The Labute approximate surface area is 307 Å². The van der Waals surface area contributed by atoms with E-state index in [4.69, 9.17) is 43.0 Å². The highest BCUT2D eigenvalue weighted by Gasteiger charge is 2.63. The number of carbonyl (C=O) groups excluding carboxylic acids is 3. The second-order valence-corrected chi connectivity index (χ2v) is 15.7. The second kappa shape index (κ2) is 16.5. The number of hydrogen-bond donors (Lipinski definition) is 1. The number of rotatable bonds is 14. The first kappa shape index (κ1) is 41.0. The van der Waals surface area contributed by atoms with Gasteiger partial charge in [0.25, 0.3) is 0 Å². The molecule has 53 heavy (non-hydrogen) atoms. The summed E-state index contributed by atoms with van der Waals surface area (Å²) < 4.78 is 60.3. The third kappa shape index (κ3) is 9.63. The zero-order valence-corrected chi connectivity index (χ0v) is 32.0. The quantitative estimate of drug-likeness (QED) is 0.0914. The van der Waals surface area contributed by atoms with E-state index in [1.165, 1.54) is 10.6 Å². The number of nitrogen functional groups attached to an aromatic ring is 1. The molecule has 4 rings (SSSR count). The van der Waals surface area contributed by atoms with E-state index in [-0.39, 0.29) is 22.7 Å². The molecule has 1 aromatic carbocycles. The van der Waals surface area contributed by atoms with Crippen LogP contribution in [0.2, 0.25) is 0 Å². The van der Waals surface area contributed by atoms with Crippen molar-refractivity contribution in [2.24, 2.45) is 11.8 Å². The summed E-state index contributed by atoms with van der Waals surface area (Å²) in [4.78, 5) is 42.3. The van der Waals surface area contributed by atoms with E-state index in [2.05, 4.69) is 16.2 Å². The van der Waals surface area contributed by atoms with E-state index >= 15 is 0 Å². The average Bonchev–Trinajstić information content (AvgIpc) is 3.64. The van der Waals surface area contributed by atoms with E-state index < -0.39 is 81.2 Å². The minimum atomic E-state index is -4.72. The van der Waals surface area contributed by atoms with Crippen LogP contribution in [-0.2, 0) is 57.9 Å². The lowest BCUT2D eigenvalue weighted by Crippen LogP contribution is -2.47. The number of benzene rings is 1. The summed E-state index contributed by atoms with van der Waals surface area (Å²) in [5.41, 5.74) is 5.00. The van der Waals surface area contributed by atoms with Crippen molar-refractivity contribution in [2.75, 3.05) is 19.1 Å². The van der Waals surface area contributed by atoms with Gasteiger partial charge in [-0.25, -0.2) is 23.4 Å². The number of hydrogen-bond acceptors (Lipinski definition) is 16. The molecular weight excluding hydrogens is 713 g/mol. The van der Waals surface area contributed by atoms with Crippen molar-refractivity contribution >= 4 is 37.3 Å². The fourth-order valence-corrected chi connectivity index (χ4v) is 6.17. The number of nitriles is 1. The summed E-state index contributed by atoms with van der Waals surface area (Å²) in [6.07, 6.45) is -4.99. The molecule has 18 heteroatoms. The molecule has 1 aliphatic heterocycles. The van der Waals surface area contributed by atoms with Crippen LogP contribution in [0, 0.1) is 23.2 Å². The van der Waals surface area contributed by atoms with Crippen molar-refractivity contribution in [3.05, 3.63) is 54.0 Å². The molecule has 0 saturated carbocycles. The van der Waals surface area contributed by atoms with Gasteiger partial charge in [0, 0.05) is 0 Å². The predicted octanol–water partition coefficient (Wildman–Crippen LogP) is 5.60. The number of anilines is 1. The van der Waals surface area contributed by atoms with Crippen LogP contribution in [0.4, 0.5) is 10.6 Å². The zero-order valence-electron chi connectivity index (χ0n) is 31.1. The minimum Gasteiger partial charge on any atom is -0.455 e. The van der Waals surface area contributed by atoms with Crippen LogP contribution in [0.1, 0.15) is 73.6 Å². The molecule has 2 N–H and O–H groups in total. The maximum atomic E-state index is 14.2. The Morgan fingerprint density at radius 3 is 2.23 bits per heavy atom. The molecule has 0 radical (unpaired) electrons. The van der Waals surface area contributed by atoms with Gasteiger partial charge in [-0.3, -0.25) is 14.1 Å². The standard InChI is InChI=1S/C35H46N5O12P/c1-20(2)31(41)49-28-26(51-35(17-36,29(28)50-32(42)21(3)4)27-15-14-25-30(37)38-18-39-40(25)27)16-46-53(44,47-19-45-33(43)48-22(5)6)52-24-12-10-23(11-13-24)34(7,8)9/h10-15,18,20-22,26,28-29H,16,19H2,1-9H3,(H2,37,38,39)/t26-,28-,29-,35+,53+/m1/s1. The Balaban J connectivity index is 1.75. The molecule has 2 aromatic heterocycles. The molecule has 1 saturated heterocycles.